The number of nitrogens with one attached hydrogen (secondary N) is 2. The van der Waals surface area contributed by atoms with E-state index in [1.54, 1.807) is 59.5 Å². The van der Waals surface area contributed by atoms with Gasteiger partial charge < -0.3 is 20.1 Å². The minimum atomic E-state index is -0.896. The van der Waals surface area contributed by atoms with E-state index in [1.165, 1.54) is 24.2 Å². The number of halogens is 2. The average Bonchev–Trinajstić information content (AvgIpc) is 3.73. The zero-order valence-electron chi connectivity index (χ0n) is 23.8. The number of hydrogen-bond donors (Lipinski definition) is 3. The number of tetrazole rings is 1. The molecular formula is C29H27Cl2N9O5. The van der Waals surface area contributed by atoms with Gasteiger partial charge in [0.05, 0.1) is 37.1 Å². The summed E-state index contributed by atoms with van der Waals surface area (Å²) < 4.78 is 6.05. The first-order valence-corrected chi connectivity index (χ1v) is 14.4. The first-order valence-electron chi connectivity index (χ1n) is 13.7. The van der Waals surface area contributed by atoms with Crippen LogP contribution in [0.5, 0.6) is 0 Å². The lowest BCUT2D eigenvalue weighted by molar-refractivity contribution is -0.131. The largest absolute Gasteiger partial charge is 0.453 e. The van der Waals surface area contributed by atoms with E-state index in [4.69, 9.17) is 23.2 Å². The van der Waals surface area contributed by atoms with E-state index in [-0.39, 0.29) is 24.0 Å². The summed E-state index contributed by atoms with van der Waals surface area (Å²) in [6.45, 7) is 0.600. The predicted octanol–water partition coefficient (Wildman–Crippen LogP) is 3.46. The van der Waals surface area contributed by atoms with Gasteiger partial charge in [0, 0.05) is 46.6 Å². The van der Waals surface area contributed by atoms with E-state index in [1.807, 2.05) is 0 Å². The third-order valence-corrected chi connectivity index (χ3v) is 7.50. The smallest absolute Gasteiger partial charge is 0.411 e. The number of β-amino-alcohol motifs (C(OH)–C–C–N with tert-alkyl or cyclic N) is 1. The molecule has 0 spiro atoms. The van der Waals surface area contributed by atoms with Crippen molar-refractivity contribution in [3.63, 3.8) is 0 Å². The fourth-order valence-corrected chi connectivity index (χ4v) is 5.11. The predicted molar refractivity (Wildman–Crippen MR) is 164 cm³/mol. The van der Waals surface area contributed by atoms with Gasteiger partial charge in [-0.25, -0.2) is 4.79 Å². The topological polar surface area (TPSA) is 177 Å². The molecule has 232 valence electrons. The summed E-state index contributed by atoms with van der Waals surface area (Å²) in [5, 5.41) is 35.3. The fourth-order valence-electron chi connectivity index (χ4n) is 4.71. The number of rotatable bonds is 9. The maximum atomic E-state index is 13.3. The number of aliphatic hydroxyl groups is 1. The van der Waals surface area contributed by atoms with Crippen molar-refractivity contribution < 1.29 is 24.2 Å². The van der Waals surface area contributed by atoms with Crippen molar-refractivity contribution in [1.82, 2.24) is 40.6 Å². The van der Waals surface area contributed by atoms with Gasteiger partial charge in [-0.05, 0) is 59.3 Å². The number of aliphatic hydroxyl groups excluding tert-OH is 1. The molecule has 2 aromatic carbocycles. The maximum Gasteiger partial charge on any atom is 0.411 e. The Bertz CT molecular complexity index is 1720. The molecule has 2 unspecified atom stereocenters. The van der Waals surface area contributed by atoms with Crippen molar-refractivity contribution in [3.05, 3.63) is 82.2 Å². The number of carbonyl (C=O) groups is 3. The van der Waals surface area contributed by atoms with Gasteiger partial charge in [-0.1, -0.05) is 35.3 Å². The molecule has 2 aromatic heterocycles. The highest BCUT2D eigenvalue weighted by atomic mass is 35.5. The van der Waals surface area contributed by atoms with Crippen molar-refractivity contribution in [2.24, 2.45) is 0 Å². The van der Waals surface area contributed by atoms with E-state index in [0.29, 0.717) is 51.7 Å². The van der Waals surface area contributed by atoms with Crippen LogP contribution in [-0.4, -0.2) is 84.6 Å². The first-order chi connectivity index (χ1) is 21.7. The van der Waals surface area contributed by atoms with E-state index in [2.05, 4.69) is 41.1 Å². The quantitative estimate of drug-likeness (QED) is 0.227. The Hall–Kier alpha value is -4.92. The molecule has 0 saturated carbocycles. The summed E-state index contributed by atoms with van der Waals surface area (Å²) in [5.74, 6) is -0.797. The fraction of sp³-hybridized carbons (Fsp3) is 0.241. The number of nitrogens with zero attached hydrogens (tertiary/aromatic N) is 7. The highest BCUT2D eigenvalue weighted by molar-refractivity contribution is 6.31. The van der Waals surface area contributed by atoms with Gasteiger partial charge in [0.2, 0.25) is 11.8 Å². The third kappa shape index (κ3) is 7.98. The molecule has 1 fully saturated rings. The molecule has 45 heavy (non-hydrogen) atoms. The lowest BCUT2D eigenvalue weighted by Gasteiger charge is -2.23. The van der Waals surface area contributed by atoms with Crippen LogP contribution in [0.3, 0.4) is 0 Å². The molecule has 4 aromatic rings. The molecule has 1 aliphatic rings. The Balaban J connectivity index is 1.42. The van der Waals surface area contributed by atoms with Crippen molar-refractivity contribution in [2.75, 3.05) is 25.5 Å². The van der Waals surface area contributed by atoms with Crippen LogP contribution in [0.2, 0.25) is 10.2 Å². The maximum absolute atomic E-state index is 13.3. The molecule has 1 aliphatic heterocycles. The Morgan fingerprint density at radius 3 is 2.62 bits per heavy atom. The summed E-state index contributed by atoms with van der Waals surface area (Å²) in [7, 11) is 1.27. The SMILES string of the molecule is COC(=O)Nc1ccc(-c2cc(C(CC(=O)N3CCC(O)C3)NC(=O)C=Cc3cc(Cl)ccc3-n3cnnn3)c(Cl)nn2)cc1. The molecule has 16 heteroatoms. The number of aromatic nitrogens is 6. The zero-order valence-corrected chi connectivity index (χ0v) is 25.3. The number of benzene rings is 2. The molecule has 1 saturated heterocycles. The van der Waals surface area contributed by atoms with Gasteiger partial charge in [0.1, 0.15) is 6.33 Å². The van der Waals surface area contributed by atoms with Crippen LogP contribution in [0, 0.1) is 0 Å². The second-order valence-corrected chi connectivity index (χ2v) is 10.8. The lowest BCUT2D eigenvalue weighted by Crippen LogP contribution is -2.35. The molecule has 3 N–H and O–H groups in total. The second kappa shape index (κ2) is 14.2. The van der Waals surface area contributed by atoms with Crippen LogP contribution >= 0.6 is 23.2 Å². The van der Waals surface area contributed by atoms with E-state index < -0.39 is 24.1 Å². The van der Waals surface area contributed by atoms with Gasteiger partial charge in [-0.15, -0.1) is 15.3 Å². The standard InChI is InChI=1S/C29H27Cl2N9O5/c1-45-29(44)33-20-6-2-17(3-7-20)23-13-22(28(31)36-35-23)24(14-27(43)39-11-10-21(41)15-39)34-26(42)9-4-18-12-19(30)5-8-25(18)40-16-32-37-38-40/h2-9,12-13,16,21,24,41H,10-11,14-15H2,1H3,(H,33,44)(H,34,42). The van der Waals surface area contributed by atoms with Gasteiger partial charge >= 0.3 is 6.09 Å². The molecule has 0 aliphatic carbocycles. The van der Waals surface area contributed by atoms with Gasteiger partial charge in [-0.3, -0.25) is 14.9 Å². The van der Waals surface area contributed by atoms with E-state index in [9.17, 15) is 19.5 Å². The first kappa shape index (κ1) is 31.5. The van der Waals surface area contributed by atoms with Crippen LogP contribution in [0.25, 0.3) is 23.0 Å². The van der Waals surface area contributed by atoms with Crippen LogP contribution < -0.4 is 10.6 Å². The minimum Gasteiger partial charge on any atom is -0.453 e. The van der Waals surface area contributed by atoms with Gasteiger partial charge in [0.15, 0.2) is 5.15 Å². The van der Waals surface area contributed by atoms with E-state index in [0.717, 1.165) is 0 Å². The molecular weight excluding hydrogens is 625 g/mol. The highest BCUT2D eigenvalue weighted by Gasteiger charge is 2.29. The van der Waals surface area contributed by atoms with Gasteiger partial charge in [0.25, 0.3) is 0 Å². The Labute approximate surface area is 267 Å². The molecule has 0 bridgehead atoms. The summed E-state index contributed by atoms with van der Waals surface area (Å²) in [5.41, 5.74) is 3.09. The summed E-state index contributed by atoms with van der Waals surface area (Å²) in [4.78, 5) is 39.6. The summed E-state index contributed by atoms with van der Waals surface area (Å²) in [6, 6.07) is 12.5. The number of likely N-dealkylation sites (tertiary alicyclic amines) is 1. The third-order valence-electron chi connectivity index (χ3n) is 6.97. The highest BCUT2D eigenvalue weighted by Crippen LogP contribution is 2.29. The summed E-state index contributed by atoms with van der Waals surface area (Å²) in [6.07, 6.45) is 3.37. The Kier molecular flexibility index (Phi) is 9.97. The number of methoxy groups -OCH3 is 1. The number of ether oxygens (including phenoxy) is 1. The number of hydrogen-bond acceptors (Lipinski definition) is 10. The minimum absolute atomic E-state index is 0.00192. The van der Waals surface area contributed by atoms with E-state index >= 15 is 0 Å². The Morgan fingerprint density at radius 1 is 1.13 bits per heavy atom. The number of carbonyl (C=O) groups excluding carboxylic acids is 3. The van der Waals surface area contributed by atoms with Crippen molar-refractivity contribution in [2.45, 2.75) is 25.0 Å². The zero-order chi connectivity index (χ0) is 31.9. The molecule has 3 heterocycles. The molecule has 5 rings (SSSR count). The normalized spacial score (nSPS) is 15.2. The van der Waals surface area contributed by atoms with Crippen molar-refractivity contribution in [3.8, 4) is 16.9 Å². The number of anilines is 1. The van der Waals surface area contributed by atoms with Crippen LogP contribution in [0.4, 0.5) is 10.5 Å². The average molecular weight is 652 g/mol. The molecule has 2 atom stereocenters. The van der Waals surface area contributed by atoms with Gasteiger partial charge in [-0.2, -0.15) is 4.68 Å². The van der Waals surface area contributed by atoms with Crippen LogP contribution in [-0.2, 0) is 14.3 Å². The Morgan fingerprint density at radius 2 is 1.93 bits per heavy atom. The molecule has 14 nitrogen and oxygen atoms in total. The monoisotopic (exact) mass is 651 g/mol. The van der Waals surface area contributed by atoms with Crippen LogP contribution in [0.15, 0.2) is 60.9 Å². The second-order valence-electron chi connectivity index (χ2n) is 10.0. The van der Waals surface area contributed by atoms with Crippen molar-refractivity contribution >= 4 is 52.9 Å². The van der Waals surface area contributed by atoms with Crippen LogP contribution in [0.1, 0.15) is 30.0 Å². The molecule has 0 radical (unpaired) electrons. The summed E-state index contributed by atoms with van der Waals surface area (Å²) >= 11 is 12.7. The van der Waals surface area contributed by atoms with Crippen molar-refractivity contribution in [1.29, 1.82) is 0 Å². The molecule has 3 amide bonds. The number of amides is 3. The lowest BCUT2D eigenvalue weighted by atomic mass is 10.0.